The molecule has 0 amide bonds. The predicted molar refractivity (Wildman–Crippen MR) is 250 cm³/mol. The fourth-order valence-corrected chi connectivity index (χ4v) is 8.27. The van der Waals surface area contributed by atoms with E-state index in [4.69, 9.17) is 15.0 Å². The van der Waals surface area contributed by atoms with Crippen molar-refractivity contribution in [3.63, 3.8) is 0 Å². The van der Waals surface area contributed by atoms with Crippen LogP contribution < -0.4 is 0 Å². The molecule has 5 aromatic heterocycles. The third-order valence-corrected chi connectivity index (χ3v) is 11.3. The Morgan fingerprint density at radius 1 is 0.317 bits per heavy atom. The van der Waals surface area contributed by atoms with Gasteiger partial charge < -0.3 is 24.9 Å². The number of benzene rings is 6. The molecule has 0 spiro atoms. The van der Waals surface area contributed by atoms with Crippen molar-refractivity contribution in [3.05, 3.63) is 225 Å². The SMILES string of the molecule is [Ir+3].[c-]1cc(-c2ccccc2-c2cc(-c3ccccc3-c3c[c-]c4c(ccc5cccnc54)c3)cc(-c3ccccc3-c3c[c-]c(-c4ccccn4)cn3)c2)ncc1-c1ccccn1. The molecule has 0 fully saturated rings. The molecule has 0 aliphatic heterocycles. The zero-order valence-corrected chi connectivity index (χ0v) is 36.1. The fourth-order valence-electron chi connectivity index (χ4n) is 8.27. The zero-order chi connectivity index (χ0) is 41.2. The van der Waals surface area contributed by atoms with Crippen molar-refractivity contribution in [1.29, 1.82) is 0 Å². The molecule has 0 radical (unpaired) electrons. The summed E-state index contributed by atoms with van der Waals surface area (Å²) in [5, 5.41) is 3.21. The van der Waals surface area contributed by atoms with Gasteiger partial charge in [-0.25, -0.2) is 0 Å². The molecule has 0 saturated heterocycles. The van der Waals surface area contributed by atoms with E-state index in [1.54, 1.807) is 12.4 Å². The first-order chi connectivity index (χ1) is 30.7. The summed E-state index contributed by atoms with van der Waals surface area (Å²) in [6.07, 6.45) is 9.13. The van der Waals surface area contributed by atoms with E-state index in [9.17, 15) is 0 Å². The van der Waals surface area contributed by atoms with Crippen LogP contribution in [0.5, 0.6) is 0 Å². The first kappa shape index (κ1) is 39.4. The van der Waals surface area contributed by atoms with Crippen LogP contribution in [-0.2, 0) is 20.1 Å². The second kappa shape index (κ2) is 17.3. The van der Waals surface area contributed by atoms with E-state index in [1.807, 2.05) is 73.2 Å². The number of pyridine rings is 5. The predicted octanol–water partition coefficient (Wildman–Crippen LogP) is 13.7. The van der Waals surface area contributed by atoms with Gasteiger partial charge in [-0.2, -0.15) is 0 Å². The number of aromatic nitrogens is 5. The first-order valence-corrected chi connectivity index (χ1v) is 20.5. The van der Waals surface area contributed by atoms with Gasteiger partial charge >= 0.3 is 20.1 Å². The van der Waals surface area contributed by atoms with Gasteiger partial charge in [0, 0.05) is 18.6 Å². The van der Waals surface area contributed by atoms with Gasteiger partial charge in [0.2, 0.25) is 0 Å². The van der Waals surface area contributed by atoms with Crippen LogP contribution in [0.15, 0.2) is 207 Å². The smallest absolute Gasteiger partial charge is 0.352 e. The molecule has 296 valence electrons. The van der Waals surface area contributed by atoms with Crippen molar-refractivity contribution in [3.8, 4) is 89.5 Å². The van der Waals surface area contributed by atoms with Gasteiger partial charge in [0.1, 0.15) is 0 Å². The molecule has 6 heteroatoms. The summed E-state index contributed by atoms with van der Waals surface area (Å²) < 4.78 is 0. The zero-order valence-electron chi connectivity index (χ0n) is 33.7. The van der Waals surface area contributed by atoms with Crippen LogP contribution in [-0.4, -0.2) is 24.9 Å². The fraction of sp³-hybridized carbons (Fsp3) is 0. The molecule has 5 nitrogen and oxygen atoms in total. The Kier molecular flexibility index (Phi) is 10.8. The van der Waals surface area contributed by atoms with Crippen molar-refractivity contribution in [2.24, 2.45) is 0 Å². The normalized spacial score (nSPS) is 11.0. The molecule has 6 aromatic carbocycles. The Labute approximate surface area is 379 Å². The second-order valence-corrected chi connectivity index (χ2v) is 15.1. The number of rotatable bonds is 8. The monoisotopic (exact) mass is 981 g/mol. The van der Waals surface area contributed by atoms with Gasteiger partial charge in [-0.3, -0.25) is 0 Å². The molecule has 63 heavy (non-hydrogen) atoms. The quantitative estimate of drug-likeness (QED) is 0.112. The summed E-state index contributed by atoms with van der Waals surface area (Å²) in [5.41, 5.74) is 16.6. The number of nitrogens with zero attached hydrogens (tertiary/aromatic N) is 5. The van der Waals surface area contributed by atoms with E-state index in [2.05, 4.69) is 149 Å². The first-order valence-electron chi connectivity index (χ1n) is 20.5. The Morgan fingerprint density at radius 3 is 1.27 bits per heavy atom. The van der Waals surface area contributed by atoms with E-state index in [1.165, 1.54) is 0 Å². The summed E-state index contributed by atoms with van der Waals surface area (Å²) in [5.74, 6) is 0. The van der Waals surface area contributed by atoms with Crippen molar-refractivity contribution in [1.82, 2.24) is 24.9 Å². The maximum atomic E-state index is 4.96. The number of fused-ring (bicyclic) bond motifs is 3. The number of hydrogen-bond donors (Lipinski definition) is 0. The van der Waals surface area contributed by atoms with Crippen LogP contribution in [0.1, 0.15) is 0 Å². The maximum absolute atomic E-state index is 4.96. The van der Waals surface area contributed by atoms with Crippen molar-refractivity contribution < 1.29 is 20.1 Å². The Balaban J connectivity index is 0.00000471. The van der Waals surface area contributed by atoms with Gasteiger partial charge in [-0.15, -0.1) is 64.4 Å². The Hall–Kier alpha value is -7.76. The van der Waals surface area contributed by atoms with Crippen LogP contribution in [0.25, 0.3) is 111 Å². The minimum Gasteiger partial charge on any atom is -0.352 e. The molecule has 0 bridgehead atoms. The molecule has 0 saturated carbocycles. The summed E-state index contributed by atoms with van der Waals surface area (Å²) in [6.45, 7) is 0. The molecule has 0 unspecified atom stereocenters. The molecule has 5 heterocycles. The van der Waals surface area contributed by atoms with E-state index in [0.717, 1.165) is 111 Å². The molecule has 11 aromatic rings. The summed E-state index contributed by atoms with van der Waals surface area (Å²) >= 11 is 0. The van der Waals surface area contributed by atoms with Gasteiger partial charge in [0.25, 0.3) is 0 Å². The van der Waals surface area contributed by atoms with E-state index in [0.29, 0.717) is 0 Å². The van der Waals surface area contributed by atoms with Crippen molar-refractivity contribution in [2.45, 2.75) is 0 Å². The van der Waals surface area contributed by atoms with Crippen LogP contribution in [0.4, 0.5) is 0 Å². The standard InChI is InChI=1S/C57H34N5.Ir/c1-2-14-47(46(13-1)39-23-26-50-40(32-39)22-21-38-12-11-31-60-57(38)50)43-33-44(48-15-3-5-17-51(48)55-27-24-41(36-61-55)53-19-7-9-29-58-53)35-45(34-43)49-16-4-6-18-52(49)56-28-25-42(37-62-56)54-20-8-10-30-59-54;/h1-23,27-37H;/q-3;+3. The molecule has 0 atom stereocenters. The largest absolute Gasteiger partial charge is 3.00 e. The maximum Gasteiger partial charge on any atom is 3.00 e. The molecular weight excluding hydrogens is 947 g/mol. The van der Waals surface area contributed by atoms with Crippen LogP contribution >= 0.6 is 0 Å². The minimum atomic E-state index is 0. The van der Waals surface area contributed by atoms with Gasteiger partial charge in [0.05, 0.1) is 0 Å². The minimum absolute atomic E-state index is 0. The summed E-state index contributed by atoms with van der Waals surface area (Å²) in [4.78, 5) is 23.6. The second-order valence-electron chi connectivity index (χ2n) is 15.1. The van der Waals surface area contributed by atoms with E-state index >= 15 is 0 Å². The van der Waals surface area contributed by atoms with E-state index in [-0.39, 0.29) is 20.1 Å². The molecular formula is C57H34IrN5. The summed E-state index contributed by atoms with van der Waals surface area (Å²) in [6, 6.07) is 71.3. The van der Waals surface area contributed by atoms with Crippen LogP contribution in [0.3, 0.4) is 0 Å². The van der Waals surface area contributed by atoms with Crippen LogP contribution in [0, 0.1) is 18.2 Å². The average molecular weight is 981 g/mol. The third-order valence-electron chi connectivity index (χ3n) is 11.3. The van der Waals surface area contributed by atoms with Crippen molar-refractivity contribution >= 4 is 21.7 Å². The molecule has 0 N–H and O–H groups in total. The van der Waals surface area contributed by atoms with Gasteiger partial charge in [-0.1, -0.05) is 139 Å². The molecule has 0 aliphatic carbocycles. The van der Waals surface area contributed by atoms with Crippen molar-refractivity contribution in [2.75, 3.05) is 0 Å². The third kappa shape index (κ3) is 7.75. The summed E-state index contributed by atoms with van der Waals surface area (Å²) in [7, 11) is 0. The average Bonchev–Trinajstić information content (AvgIpc) is 3.36. The Bertz CT molecular complexity index is 3250. The van der Waals surface area contributed by atoms with Gasteiger partial charge in [0.15, 0.2) is 0 Å². The van der Waals surface area contributed by atoms with Crippen LogP contribution in [0.2, 0.25) is 0 Å². The molecule has 11 rings (SSSR count). The Morgan fingerprint density at radius 2 is 0.778 bits per heavy atom. The van der Waals surface area contributed by atoms with E-state index < -0.39 is 0 Å². The number of hydrogen-bond acceptors (Lipinski definition) is 5. The topological polar surface area (TPSA) is 64.5 Å². The molecule has 0 aliphatic rings. The van der Waals surface area contributed by atoms with Gasteiger partial charge in [-0.05, 0) is 115 Å².